The lowest BCUT2D eigenvalue weighted by molar-refractivity contribution is 0.344. The van der Waals surface area contributed by atoms with Crippen molar-refractivity contribution in [2.45, 2.75) is 78.3 Å². The molecule has 0 radical (unpaired) electrons. The maximum Gasteiger partial charge on any atom is 0.139 e. The van der Waals surface area contributed by atoms with Crippen LogP contribution in [-0.4, -0.2) is 23.6 Å². The van der Waals surface area contributed by atoms with Crippen molar-refractivity contribution in [2.75, 3.05) is 6.61 Å². The topological polar surface area (TPSA) is 26.3 Å². The Bertz CT molecular complexity index is 238. The monoisotopic (exact) mass is 280 g/mol. The fourth-order valence-corrected chi connectivity index (χ4v) is 11.3. The van der Waals surface area contributed by atoms with E-state index in [4.69, 9.17) is 4.52 Å². The second-order valence-corrected chi connectivity index (χ2v) is 13.8. The van der Waals surface area contributed by atoms with E-state index in [0.717, 1.165) is 19.4 Å². The van der Waals surface area contributed by atoms with E-state index >= 15 is 0 Å². The first kappa shape index (κ1) is 17.6. The number of rotatable bonds is 8. The summed E-state index contributed by atoms with van der Waals surface area (Å²) in [6.45, 7) is 13.3. The molecule has 0 aliphatic rings. The van der Waals surface area contributed by atoms with Crippen molar-refractivity contribution in [3.63, 3.8) is 0 Å². The van der Waals surface area contributed by atoms with Crippen LogP contribution in [0.25, 0.3) is 0 Å². The Morgan fingerprint density at radius 1 is 1.06 bits per heavy atom. The molecule has 1 unspecified atom stereocenters. The minimum absolute atomic E-state index is 0.234. The van der Waals surface area contributed by atoms with Gasteiger partial charge in [-0.15, -0.1) is 0 Å². The molecule has 2 nitrogen and oxygen atoms in total. The molecule has 0 aliphatic heterocycles. The summed E-state index contributed by atoms with van der Waals surface area (Å²) in [5.41, 5.74) is 0.854. The highest BCUT2D eigenvalue weighted by Crippen LogP contribution is 2.82. The Morgan fingerprint density at radius 3 is 1.82 bits per heavy atom. The van der Waals surface area contributed by atoms with Crippen LogP contribution in [0.3, 0.4) is 0 Å². The molecule has 0 heterocycles. The van der Waals surface area contributed by atoms with E-state index in [2.05, 4.69) is 48.5 Å². The fourth-order valence-electron chi connectivity index (χ4n) is 1.95. The molecule has 4 heteroatoms. The molecule has 0 amide bonds. The van der Waals surface area contributed by atoms with Crippen molar-refractivity contribution in [3.8, 4) is 0 Å². The minimum atomic E-state index is -2.23. The van der Waals surface area contributed by atoms with Gasteiger partial charge in [0.25, 0.3) is 0 Å². The van der Waals surface area contributed by atoms with Crippen molar-refractivity contribution >= 4 is 14.7 Å². The van der Waals surface area contributed by atoms with Gasteiger partial charge in [0.2, 0.25) is 0 Å². The molecule has 17 heavy (non-hydrogen) atoms. The zero-order valence-electron chi connectivity index (χ0n) is 12.6. The van der Waals surface area contributed by atoms with E-state index in [1.54, 1.807) is 0 Å². The summed E-state index contributed by atoms with van der Waals surface area (Å²) in [4.78, 5) is 0. The van der Waals surface area contributed by atoms with Crippen LogP contribution in [0.5, 0.6) is 0 Å². The van der Waals surface area contributed by atoms with Gasteiger partial charge in [0.1, 0.15) is 6.83 Å². The van der Waals surface area contributed by atoms with Crippen molar-refractivity contribution in [2.24, 2.45) is 0 Å². The third-order valence-corrected chi connectivity index (χ3v) is 14.2. The van der Waals surface area contributed by atoms with Crippen molar-refractivity contribution in [1.29, 1.82) is 0 Å². The highest BCUT2D eigenvalue weighted by Gasteiger charge is 2.41. The van der Waals surface area contributed by atoms with Crippen LogP contribution in [0.1, 0.15) is 61.3 Å². The average molecular weight is 280 g/mol. The van der Waals surface area contributed by atoms with Gasteiger partial charge in [-0.25, -0.2) is 0 Å². The maximum absolute atomic E-state index is 13.3. The Hall–Kier alpha value is 0.620. The van der Waals surface area contributed by atoms with E-state index in [1.165, 1.54) is 0 Å². The summed E-state index contributed by atoms with van der Waals surface area (Å²) in [5.74, 6) is 0. The maximum atomic E-state index is 13.3. The van der Waals surface area contributed by atoms with Crippen molar-refractivity contribution in [1.82, 2.24) is 0 Å². The van der Waals surface area contributed by atoms with Gasteiger partial charge in [-0.1, -0.05) is 54.9 Å². The summed E-state index contributed by atoms with van der Waals surface area (Å²) in [7, 11) is -0.800. The number of hydrogen-bond donors (Lipinski definition) is 0. The lowest BCUT2D eigenvalue weighted by Crippen LogP contribution is -2.12. The zero-order valence-corrected chi connectivity index (χ0v) is 14.4. The van der Waals surface area contributed by atoms with Gasteiger partial charge in [0.05, 0.1) is 14.4 Å². The SMILES string of the molecule is CCCCOP(C(C)C)P(=O)(C(C)C)C(C)C. The van der Waals surface area contributed by atoms with Crippen LogP contribution in [0, 0.1) is 0 Å². The van der Waals surface area contributed by atoms with E-state index < -0.39 is 14.7 Å². The molecule has 1 atom stereocenters. The molecule has 0 rings (SSSR count). The van der Waals surface area contributed by atoms with Crippen molar-refractivity contribution < 1.29 is 9.09 Å². The highest BCUT2D eigenvalue weighted by molar-refractivity contribution is 8.31. The first-order valence-corrected chi connectivity index (χ1v) is 10.7. The molecular formula is C13H30O2P2. The summed E-state index contributed by atoms with van der Waals surface area (Å²) in [6.07, 6.45) is 2.21. The van der Waals surface area contributed by atoms with Gasteiger partial charge < -0.3 is 9.09 Å². The highest BCUT2D eigenvalue weighted by atomic mass is 32.1. The molecule has 0 saturated carbocycles. The van der Waals surface area contributed by atoms with Gasteiger partial charge >= 0.3 is 0 Å². The third-order valence-electron chi connectivity index (χ3n) is 2.95. The first-order valence-electron chi connectivity index (χ1n) is 6.80. The van der Waals surface area contributed by atoms with Gasteiger partial charge in [-0.3, -0.25) is 0 Å². The molecule has 0 aliphatic carbocycles. The smallest absolute Gasteiger partial charge is 0.139 e. The van der Waals surface area contributed by atoms with Gasteiger partial charge in [0, 0.05) is 17.0 Å². The Morgan fingerprint density at radius 2 is 1.53 bits per heavy atom. The number of unbranched alkanes of at least 4 members (excludes halogenated alkanes) is 1. The molecule has 0 aromatic rings. The zero-order chi connectivity index (χ0) is 13.6. The summed E-state index contributed by atoms with van der Waals surface area (Å²) >= 11 is 0. The molecule has 0 saturated heterocycles. The lowest BCUT2D eigenvalue weighted by atomic mass is 10.4. The average Bonchev–Trinajstić information content (AvgIpc) is 2.22. The van der Waals surface area contributed by atoms with Crippen LogP contribution >= 0.6 is 14.7 Å². The number of hydrogen-bond acceptors (Lipinski definition) is 2. The van der Waals surface area contributed by atoms with Crippen LogP contribution in [0.4, 0.5) is 0 Å². The quantitative estimate of drug-likeness (QED) is 0.421. The lowest BCUT2D eigenvalue weighted by Gasteiger charge is -2.35. The van der Waals surface area contributed by atoms with Crippen LogP contribution in [-0.2, 0) is 9.09 Å². The first-order chi connectivity index (χ1) is 7.78. The van der Waals surface area contributed by atoms with Gasteiger partial charge in [-0.2, -0.15) is 0 Å². The molecule has 0 fully saturated rings. The molecule has 0 spiro atoms. The van der Waals surface area contributed by atoms with E-state index in [1.807, 2.05) is 0 Å². The van der Waals surface area contributed by atoms with Gasteiger partial charge in [-0.05, 0) is 6.42 Å². The fraction of sp³-hybridized carbons (Fsp3) is 1.00. The minimum Gasteiger partial charge on any atom is -0.351 e. The summed E-state index contributed by atoms with van der Waals surface area (Å²) < 4.78 is 19.3. The van der Waals surface area contributed by atoms with Crippen LogP contribution < -0.4 is 0 Å². The predicted molar refractivity (Wildman–Crippen MR) is 80.8 cm³/mol. The Kier molecular flexibility index (Phi) is 8.21. The Balaban J connectivity index is 4.93. The molecular weight excluding hydrogens is 250 g/mol. The van der Waals surface area contributed by atoms with Gasteiger partial charge in [0.15, 0.2) is 0 Å². The van der Waals surface area contributed by atoms with E-state index in [0.29, 0.717) is 5.66 Å². The summed E-state index contributed by atoms with van der Waals surface area (Å²) in [5, 5.41) is 0. The summed E-state index contributed by atoms with van der Waals surface area (Å²) in [6, 6.07) is 0. The van der Waals surface area contributed by atoms with Crippen LogP contribution in [0.15, 0.2) is 0 Å². The van der Waals surface area contributed by atoms with E-state index in [-0.39, 0.29) is 11.3 Å². The molecule has 0 N–H and O–H groups in total. The molecule has 0 bridgehead atoms. The molecule has 104 valence electrons. The molecule has 0 aromatic heterocycles. The largest absolute Gasteiger partial charge is 0.351 e. The van der Waals surface area contributed by atoms with Crippen LogP contribution in [0.2, 0.25) is 0 Å². The Labute approximate surface area is 109 Å². The standard InChI is InChI=1S/C13H30O2P2/c1-8-9-10-15-16(11(2)3)17(14,12(4)5)13(6)7/h11-13H,8-10H2,1-7H3. The second kappa shape index (κ2) is 7.93. The normalized spacial score (nSPS) is 14.9. The third kappa shape index (κ3) is 4.66. The van der Waals surface area contributed by atoms with E-state index in [9.17, 15) is 4.57 Å². The molecule has 0 aromatic carbocycles. The second-order valence-electron chi connectivity index (χ2n) is 5.44. The van der Waals surface area contributed by atoms with Crippen molar-refractivity contribution in [3.05, 3.63) is 0 Å². The predicted octanol–water partition coefficient (Wildman–Crippen LogP) is 5.70.